The summed E-state index contributed by atoms with van der Waals surface area (Å²) in [5.41, 5.74) is 1.47. The summed E-state index contributed by atoms with van der Waals surface area (Å²) in [6, 6.07) is 7.11. The second-order valence-electron chi connectivity index (χ2n) is 3.60. The Morgan fingerprint density at radius 3 is 2.69 bits per heavy atom. The lowest BCUT2D eigenvalue weighted by Gasteiger charge is -2.04. The van der Waals surface area contributed by atoms with Crippen molar-refractivity contribution in [1.29, 1.82) is 0 Å². The molecule has 0 saturated carbocycles. The van der Waals surface area contributed by atoms with Gasteiger partial charge in [-0.1, -0.05) is 26.0 Å². The van der Waals surface area contributed by atoms with E-state index in [-0.39, 0.29) is 0 Å². The van der Waals surface area contributed by atoms with Gasteiger partial charge in [-0.3, -0.25) is 0 Å². The van der Waals surface area contributed by atoms with Crippen LogP contribution in [0.3, 0.4) is 0 Å². The number of hydrogen-bond donors (Lipinski definition) is 1. The quantitative estimate of drug-likeness (QED) is 0.772. The van der Waals surface area contributed by atoms with Crippen LogP contribution in [0.2, 0.25) is 0 Å². The van der Waals surface area contributed by atoms with Crippen LogP contribution in [0.4, 0.5) is 0 Å². The van der Waals surface area contributed by atoms with Crippen molar-refractivity contribution in [3.8, 4) is 0 Å². The molecule has 2 nitrogen and oxygen atoms in total. The first-order valence-corrected chi connectivity index (χ1v) is 4.42. The van der Waals surface area contributed by atoms with Crippen LogP contribution >= 0.6 is 0 Å². The third-order valence-electron chi connectivity index (χ3n) is 1.82. The van der Waals surface area contributed by atoms with Crippen molar-refractivity contribution in [3.63, 3.8) is 0 Å². The lowest BCUT2D eigenvalue weighted by molar-refractivity contribution is 0.0696. The normalized spacial score (nSPS) is 10.4. The molecule has 0 heterocycles. The van der Waals surface area contributed by atoms with Crippen molar-refractivity contribution in [3.05, 3.63) is 35.4 Å². The Labute approximate surface area is 78.2 Å². The topological polar surface area (TPSA) is 37.3 Å². The second kappa shape index (κ2) is 4.08. The Hall–Kier alpha value is -1.31. The smallest absolute Gasteiger partial charge is 0.335 e. The summed E-state index contributed by atoms with van der Waals surface area (Å²) in [5.74, 6) is -0.297. The van der Waals surface area contributed by atoms with Crippen LogP contribution in [-0.4, -0.2) is 11.1 Å². The van der Waals surface area contributed by atoms with Crippen LogP contribution in [-0.2, 0) is 6.42 Å². The van der Waals surface area contributed by atoms with Crippen LogP contribution in [0.25, 0.3) is 0 Å². The van der Waals surface area contributed by atoms with E-state index >= 15 is 0 Å². The molecule has 0 spiro atoms. The van der Waals surface area contributed by atoms with Gasteiger partial charge in [0, 0.05) is 0 Å². The molecule has 0 bridgehead atoms. The number of carbonyl (C=O) groups is 1. The fraction of sp³-hybridized carbons (Fsp3) is 0.364. The van der Waals surface area contributed by atoms with Gasteiger partial charge in [-0.2, -0.15) is 0 Å². The molecule has 2 heteroatoms. The first kappa shape index (κ1) is 9.78. The highest BCUT2D eigenvalue weighted by Crippen LogP contribution is 2.10. The van der Waals surface area contributed by atoms with E-state index in [1.807, 2.05) is 6.07 Å². The molecule has 0 radical (unpaired) electrons. The molecule has 1 aromatic carbocycles. The van der Waals surface area contributed by atoms with Gasteiger partial charge in [0.15, 0.2) is 0 Å². The minimum Gasteiger partial charge on any atom is -0.478 e. The number of aromatic carboxylic acids is 1. The van der Waals surface area contributed by atoms with Crippen LogP contribution in [0.1, 0.15) is 29.8 Å². The zero-order chi connectivity index (χ0) is 9.84. The monoisotopic (exact) mass is 178 g/mol. The highest BCUT2D eigenvalue weighted by molar-refractivity contribution is 5.87. The molecule has 13 heavy (non-hydrogen) atoms. The van der Waals surface area contributed by atoms with E-state index in [0.717, 1.165) is 12.0 Å². The molecule has 0 amide bonds. The Morgan fingerprint density at radius 1 is 1.46 bits per heavy atom. The second-order valence-corrected chi connectivity index (χ2v) is 3.60. The molecule has 0 aromatic heterocycles. The fourth-order valence-electron chi connectivity index (χ4n) is 1.30. The summed E-state index contributed by atoms with van der Waals surface area (Å²) < 4.78 is 0. The van der Waals surface area contributed by atoms with Crippen molar-refractivity contribution in [2.24, 2.45) is 5.92 Å². The average molecular weight is 178 g/mol. The minimum atomic E-state index is -0.856. The molecule has 0 saturated heterocycles. The van der Waals surface area contributed by atoms with Crippen molar-refractivity contribution in [1.82, 2.24) is 0 Å². The van der Waals surface area contributed by atoms with Gasteiger partial charge in [0.1, 0.15) is 0 Å². The van der Waals surface area contributed by atoms with Crippen LogP contribution in [0.15, 0.2) is 24.3 Å². The maximum atomic E-state index is 10.6. The summed E-state index contributed by atoms with van der Waals surface area (Å²) in [4.78, 5) is 10.6. The van der Waals surface area contributed by atoms with E-state index < -0.39 is 5.97 Å². The van der Waals surface area contributed by atoms with E-state index in [2.05, 4.69) is 13.8 Å². The van der Waals surface area contributed by atoms with Gasteiger partial charge in [-0.05, 0) is 30.0 Å². The van der Waals surface area contributed by atoms with Crippen molar-refractivity contribution >= 4 is 5.97 Å². The van der Waals surface area contributed by atoms with Gasteiger partial charge in [0.05, 0.1) is 5.56 Å². The van der Waals surface area contributed by atoms with Crippen LogP contribution in [0, 0.1) is 5.92 Å². The van der Waals surface area contributed by atoms with Gasteiger partial charge in [0.2, 0.25) is 0 Å². The van der Waals surface area contributed by atoms with Crippen molar-refractivity contribution in [2.45, 2.75) is 20.3 Å². The predicted octanol–water partition coefficient (Wildman–Crippen LogP) is 2.58. The van der Waals surface area contributed by atoms with Crippen molar-refractivity contribution in [2.75, 3.05) is 0 Å². The van der Waals surface area contributed by atoms with Crippen molar-refractivity contribution < 1.29 is 9.90 Å². The zero-order valence-electron chi connectivity index (χ0n) is 7.95. The molecular formula is C11H14O2. The lowest BCUT2D eigenvalue weighted by atomic mass is 10.0. The summed E-state index contributed by atoms with van der Waals surface area (Å²) in [6.45, 7) is 4.24. The first-order chi connectivity index (χ1) is 6.09. The molecule has 1 rings (SSSR count). The molecule has 0 unspecified atom stereocenters. The lowest BCUT2D eigenvalue weighted by Crippen LogP contribution is -1.99. The molecule has 0 aliphatic rings. The molecule has 0 aliphatic heterocycles. The third kappa shape index (κ3) is 2.90. The Bertz CT molecular complexity index is 303. The third-order valence-corrected chi connectivity index (χ3v) is 1.82. The van der Waals surface area contributed by atoms with Gasteiger partial charge in [-0.25, -0.2) is 4.79 Å². The summed E-state index contributed by atoms with van der Waals surface area (Å²) >= 11 is 0. The van der Waals surface area contributed by atoms with Gasteiger partial charge < -0.3 is 5.11 Å². The van der Waals surface area contributed by atoms with E-state index in [0.29, 0.717) is 11.5 Å². The average Bonchev–Trinajstić information content (AvgIpc) is 2.03. The largest absolute Gasteiger partial charge is 0.478 e. The SMILES string of the molecule is CC(C)Cc1cccc(C(=O)O)c1. The molecule has 1 N–H and O–H groups in total. The number of carboxylic acids is 1. The maximum Gasteiger partial charge on any atom is 0.335 e. The molecule has 1 aromatic rings. The highest BCUT2D eigenvalue weighted by atomic mass is 16.4. The minimum absolute atomic E-state index is 0.373. The van der Waals surface area contributed by atoms with Gasteiger partial charge >= 0.3 is 5.97 Å². The van der Waals surface area contributed by atoms with Crippen LogP contribution < -0.4 is 0 Å². The number of carboxylic acid groups (broad SMARTS) is 1. The molecule has 0 atom stereocenters. The standard InChI is InChI=1S/C11H14O2/c1-8(2)6-9-4-3-5-10(7-9)11(12)13/h3-5,7-8H,6H2,1-2H3,(H,12,13). The number of hydrogen-bond acceptors (Lipinski definition) is 1. The number of benzene rings is 1. The Morgan fingerprint density at radius 2 is 2.15 bits per heavy atom. The summed E-state index contributed by atoms with van der Waals surface area (Å²) in [5, 5.41) is 8.74. The Kier molecular flexibility index (Phi) is 3.07. The zero-order valence-corrected chi connectivity index (χ0v) is 7.95. The molecule has 0 aliphatic carbocycles. The molecule has 0 fully saturated rings. The summed E-state index contributed by atoms with van der Waals surface area (Å²) in [6.07, 6.45) is 0.932. The van der Waals surface area contributed by atoms with E-state index in [9.17, 15) is 4.79 Å². The Balaban J connectivity index is 2.85. The maximum absolute atomic E-state index is 10.6. The predicted molar refractivity (Wildman–Crippen MR) is 51.9 cm³/mol. The van der Waals surface area contributed by atoms with E-state index in [1.54, 1.807) is 18.2 Å². The van der Waals surface area contributed by atoms with E-state index in [4.69, 9.17) is 5.11 Å². The van der Waals surface area contributed by atoms with Crippen LogP contribution in [0.5, 0.6) is 0 Å². The highest BCUT2D eigenvalue weighted by Gasteiger charge is 2.03. The fourth-order valence-corrected chi connectivity index (χ4v) is 1.30. The van der Waals surface area contributed by atoms with Gasteiger partial charge in [0.25, 0.3) is 0 Å². The number of rotatable bonds is 3. The molecule has 70 valence electrons. The van der Waals surface area contributed by atoms with E-state index in [1.165, 1.54) is 0 Å². The van der Waals surface area contributed by atoms with Gasteiger partial charge in [-0.15, -0.1) is 0 Å². The summed E-state index contributed by atoms with van der Waals surface area (Å²) in [7, 11) is 0. The first-order valence-electron chi connectivity index (χ1n) is 4.42. The molecular weight excluding hydrogens is 164 g/mol.